The molecule has 7 heteroatoms. The normalized spacial score (nSPS) is 21.0. The average Bonchev–Trinajstić information content (AvgIpc) is 3.18. The lowest BCUT2D eigenvalue weighted by Gasteiger charge is -2.21. The number of nitrogens with zero attached hydrogens (tertiary/aromatic N) is 3. The molecule has 2 N–H and O–H groups in total. The van der Waals surface area contributed by atoms with Crippen molar-refractivity contribution < 1.29 is 9.53 Å². The summed E-state index contributed by atoms with van der Waals surface area (Å²) in [6, 6.07) is 3.74. The minimum absolute atomic E-state index is 0.0583. The molecule has 116 valence electrons. The van der Waals surface area contributed by atoms with Crippen molar-refractivity contribution in [1.82, 2.24) is 25.5 Å². The highest BCUT2D eigenvalue weighted by Crippen LogP contribution is 2.24. The fourth-order valence-electron chi connectivity index (χ4n) is 2.47. The van der Waals surface area contributed by atoms with Crippen molar-refractivity contribution in [1.29, 1.82) is 0 Å². The molecule has 7 nitrogen and oxygen atoms in total. The minimum Gasteiger partial charge on any atom is -0.365 e. The van der Waals surface area contributed by atoms with Crippen LogP contribution in [-0.4, -0.2) is 44.8 Å². The van der Waals surface area contributed by atoms with Crippen LogP contribution in [0.2, 0.25) is 0 Å². The number of pyridine rings is 1. The number of aromatic nitrogens is 4. The van der Waals surface area contributed by atoms with E-state index in [0.29, 0.717) is 25.4 Å². The maximum atomic E-state index is 12.1. The Morgan fingerprint density at radius 3 is 3.18 bits per heavy atom. The van der Waals surface area contributed by atoms with Crippen LogP contribution in [-0.2, 0) is 16.0 Å². The summed E-state index contributed by atoms with van der Waals surface area (Å²) in [6.07, 6.45) is 5.72. The van der Waals surface area contributed by atoms with E-state index in [4.69, 9.17) is 4.74 Å². The van der Waals surface area contributed by atoms with Crippen LogP contribution in [0, 0.1) is 0 Å². The molecule has 1 fully saturated rings. The van der Waals surface area contributed by atoms with Crippen LogP contribution in [0.3, 0.4) is 0 Å². The molecular weight excluding hydrogens is 282 g/mol. The van der Waals surface area contributed by atoms with Gasteiger partial charge in [0.15, 0.2) is 5.82 Å². The lowest BCUT2D eigenvalue weighted by atomic mass is 10.0. The van der Waals surface area contributed by atoms with Gasteiger partial charge in [-0.05, 0) is 31.9 Å². The van der Waals surface area contributed by atoms with Crippen molar-refractivity contribution in [3.8, 4) is 11.4 Å². The molecule has 1 unspecified atom stereocenters. The first kappa shape index (κ1) is 14.6. The second kappa shape index (κ2) is 6.23. The third-order valence-corrected chi connectivity index (χ3v) is 3.80. The van der Waals surface area contributed by atoms with Gasteiger partial charge in [0, 0.05) is 37.5 Å². The number of carbonyl (C=O) groups is 1. The van der Waals surface area contributed by atoms with Gasteiger partial charge in [-0.2, -0.15) is 5.10 Å². The number of nitrogens with one attached hydrogen (secondary N) is 2. The fourth-order valence-corrected chi connectivity index (χ4v) is 2.47. The van der Waals surface area contributed by atoms with Crippen molar-refractivity contribution in [2.24, 2.45) is 0 Å². The van der Waals surface area contributed by atoms with Gasteiger partial charge in [0.2, 0.25) is 0 Å². The van der Waals surface area contributed by atoms with Crippen LogP contribution in [0.5, 0.6) is 0 Å². The van der Waals surface area contributed by atoms with E-state index in [9.17, 15) is 4.79 Å². The molecule has 0 radical (unpaired) electrons. The zero-order valence-corrected chi connectivity index (χ0v) is 12.5. The Labute approximate surface area is 128 Å². The zero-order valence-electron chi connectivity index (χ0n) is 12.5. The third kappa shape index (κ3) is 3.14. The molecule has 2 aromatic heterocycles. The summed E-state index contributed by atoms with van der Waals surface area (Å²) >= 11 is 0. The Hall–Kier alpha value is -2.28. The number of hydrogen-bond donors (Lipinski definition) is 2. The second-order valence-corrected chi connectivity index (χ2v) is 5.54. The van der Waals surface area contributed by atoms with Gasteiger partial charge in [-0.1, -0.05) is 0 Å². The number of amides is 1. The van der Waals surface area contributed by atoms with Gasteiger partial charge in [0.05, 0.1) is 0 Å². The number of rotatable bonds is 5. The van der Waals surface area contributed by atoms with Crippen LogP contribution in [0.25, 0.3) is 11.4 Å². The van der Waals surface area contributed by atoms with Crippen LogP contribution in [0.4, 0.5) is 0 Å². The molecular formula is C15H19N5O2. The van der Waals surface area contributed by atoms with Crippen molar-refractivity contribution in [3.05, 3.63) is 30.4 Å². The van der Waals surface area contributed by atoms with Gasteiger partial charge < -0.3 is 10.1 Å². The number of ether oxygens (including phenoxy) is 1. The Morgan fingerprint density at radius 1 is 1.55 bits per heavy atom. The molecule has 1 aliphatic heterocycles. The molecule has 0 bridgehead atoms. The van der Waals surface area contributed by atoms with E-state index in [0.717, 1.165) is 24.2 Å². The fraction of sp³-hybridized carbons (Fsp3) is 0.467. The molecule has 2 aromatic rings. The van der Waals surface area contributed by atoms with Crippen molar-refractivity contribution in [2.45, 2.75) is 31.8 Å². The molecule has 1 atom stereocenters. The van der Waals surface area contributed by atoms with Gasteiger partial charge in [-0.15, -0.1) is 0 Å². The summed E-state index contributed by atoms with van der Waals surface area (Å²) in [7, 11) is 0. The Bertz CT molecular complexity index is 634. The smallest absolute Gasteiger partial charge is 0.251 e. The maximum Gasteiger partial charge on any atom is 0.251 e. The molecule has 0 saturated carbocycles. The van der Waals surface area contributed by atoms with Crippen LogP contribution >= 0.6 is 0 Å². The highest BCUT2D eigenvalue weighted by atomic mass is 16.5. The van der Waals surface area contributed by atoms with Gasteiger partial charge in [-0.25, -0.2) is 4.98 Å². The number of aromatic amines is 1. The molecule has 3 heterocycles. The van der Waals surface area contributed by atoms with Crippen LogP contribution < -0.4 is 5.32 Å². The van der Waals surface area contributed by atoms with E-state index in [2.05, 4.69) is 25.5 Å². The summed E-state index contributed by atoms with van der Waals surface area (Å²) in [5, 5.41) is 9.95. The van der Waals surface area contributed by atoms with E-state index in [1.54, 1.807) is 12.4 Å². The summed E-state index contributed by atoms with van der Waals surface area (Å²) in [5.41, 5.74) is 0.184. The largest absolute Gasteiger partial charge is 0.365 e. The lowest BCUT2D eigenvalue weighted by molar-refractivity contribution is -0.139. The lowest BCUT2D eigenvalue weighted by Crippen LogP contribution is -2.44. The zero-order chi connectivity index (χ0) is 15.4. The van der Waals surface area contributed by atoms with Crippen molar-refractivity contribution in [3.63, 3.8) is 0 Å². The van der Waals surface area contributed by atoms with Gasteiger partial charge >= 0.3 is 0 Å². The third-order valence-electron chi connectivity index (χ3n) is 3.80. The Kier molecular flexibility index (Phi) is 4.15. The molecule has 0 aliphatic carbocycles. The van der Waals surface area contributed by atoms with Gasteiger partial charge in [0.25, 0.3) is 5.91 Å². The maximum absolute atomic E-state index is 12.1. The van der Waals surface area contributed by atoms with E-state index in [-0.39, 0.29) is 5.91 Å². The van der Waals surface area contributed by atoms with Crippen LogP contribution in [0.1, 0.15) is 25.6 Å². The highest BCUT2D eigenvalue weighted by Gasteiger charge is 2.37. The van der Waals surface area contributed by atoms with Crippen LogP contribution in [0.15, 0.2) is 24.5 Å². The first-order valence-electron chi connectivity index (χ1n) is 7.41. The first-order valence-corrected chi connectivity index (χ1v) is 7.41. The summed E-state index contributed by atoms with van der Waals surface area (Å²) in [5.74, 6) is 1.29. The topological polar surface area (TPSA) is 92.8 Å². The number of hydrogen-bond acceptors (Lipinski definition) is 5. The van der Waals surface area contributed by atoms with E-state index in [1.807, 2.05) is 19.1 Å². The molecule has 0 aromatic carbocycles. The quantitative estimate of drug-likeness (QED) is 0.862. The van der Waals surface area contributed by atoms with Crippen molar-refractivity contribution in [2.75, 3.05) is 13.2 Å². The summed E-state index contributed by atoms with van der Waals surface area (Å²) in [4.78, 5) is 20.5. The average molecular weight is 301 g/mol. The molecule has 1 saturated heterocycles. The van der Waals surface area contributed by atoms with E-state index < -0.39 is 5.60 Å². The summed E-state index contributed by atoms with van der Waals surface area (Å²) in [6.45, 7) is 2.99. The predicted octanol–water partition coefficient (Wildman–Crippen LogP) is 1.09. The first-order chi connectivity index (χ1) is 10.7. The SMILES string of the molecule is CC1(C(=O)NCCc2nc(-c3cccnc3)n[nH]2)CCCO1. The molecule has 3 rings (SSSR count). The predicted molar refractivity (Wildman–Crippen MR) is 79.9 cm³/mol. The minimum atomic E-state index is -0.678. The van der Waals surface area contributed by atoms with Gasteiger partial charge in [0.1, 0.15) is 11.4 Å². The van der Waals surface area contributed by atoms with Gasteiger partial charge in [-0.3, -0.25) is 14.9 Å². The molecule has 22 heavy (non-hydrogen) atoms. The monoisotopic (exact) mass is 301 g/mol. The van der Waals surface area contributed by atoms with E-state index in [1.165, 1.54) is 0 Å². The standard InChI is InChI=1S/C15H19N5O2/c1-15(6-3-9-22-15)14(21)17-8-5-12-18-13(20-19-12)11-4-2-7-16-10-11/h2,4,7,10H,3,5-6,8-9H2,1H3,(H,17,21)(H,18,19,20). The van der Waals surface area contributed by atoms with E-state index >= 15 is 0 Å². The van der Waals surface area contributed by atoms with Crippen molar-refractivity contribution >= 4 is 5.91 Å². The Balaban J connectivity index is 1.52. The second-order valence-electron chi connectivity index (χ2n) is 5.54. The number of carbonyl (C=O) groups excluding carboxylic acids is 1. The molecule has 0 spiro atoms. The highest BCUT2D eigenvalue weighted by molar-refractivity contribution is 5.84. The Morgan fingerprint density at radius 2 is 2.45 bits per heavy atom. The molecule has 1 aliphatic rings. The summed E-state index contributed by atoms with van der Waals surface area (Å²) < 4.78 is 5.51. The number of H-pyrrole nitrogens is 1. The molecule has 1 amide bonds.